The van der Waals surface area contributed by atoms with Crippen LogP contribution in [-0.4, -0.2) is 60.8 Å². The number of likely N-dealkylation sites (N-methyl/N-ethyl adjacent to an activating group) is 1. The molecule has 2 aromatic heterocycles. The van der Waals surface area contributed by atoms with Crippen molar-refractivity contribution in [2.24, 2.45) is 0 Å². The standard InChI is InChI=1S/C20H24N6O/c1-25(2)17-6-4-14(5-7-17)15-10-16(12-22-11-15)20-23-19(24-27-20)18-13-21-8-9-26(18)3/h4-7,10-12,18,21H,8-9,13H2,1-3H3. The van der Waals surface area contributed by atoms with Gasteiger partial charge in [0.2, 0.25) is 0 Å². The SMILES string of the molecule is CN(C)c1ccc(-c2cncc(-c3nc(C4CNCCN4C)no3)c2)cc1. The molecule has 1 atom stereocenters. The Labute approximate surface area is 159 Å². The van der Waals surface area contributed by atoms with Crippen LogP contribution < -0.4 is 10.2 Å². The average molecular weight is 364 g/mol. The highest BCUT2D eigenvalue weighted by atomic mass is 16.5. The van der Waals surface area contributed by atoms with E-state index in [4.69, 9.17) is 4.52 Å². The van der Waals surface area contributed by atoms with Gasteiger partial charge in [0.25, 0.3) is 5.89 Å². The fourth-order valence-electron chi connectivity index (χ4n) is 3.25. The second-order valence-electron chi connectivity index (χ2n) is 7.06. The number of hydrogen-bond acceptors (Lipinski definition) is 7. The van der Waals surface area contributed by atoms with Crippen molar-refractivity contribution in [1.82, 2.24) is 25.3 Å². The summed E-state index contributed by atoms with van der Waals surface area (Å²) in [5, 5.41) is 7.58. The zero-order valence-electron chi connectivity index (χ0n) is 15.9. The van der Waals surface area contributed by atoms with E-state index >= 15 is 0 Å². The Kier molecular flexibility index (Phi) is 4.87. The number of aromatic nitrogens is 3. The van der Waals surface area contributed by atoms with E-state index in [2.05, 4.69) is 61.6 Å². The minimum absolute atomic E-state index is 0.131. The largest absolute Gasteiger partial charge is 0.378 e. The molecular weight excluding hydrogens is 340 g/mol. The number of nitrogens with one attached hydrogen (secondary N) is 1. The summed E-state index contributed by atoms with van der Waals surface area (Å²) in [5.41, 5.74) is 4.11. The van der Waals surface area contributed by atoms with Crippen molar-refractivity contribution < 1.29 is 4.52 Å². The van der Waals surface area contributed by atoms with E-state index in [1.165, 1.54) is 0 Å². The molecule has 3 aromatic rings. The van der Waals surface area contributed by atoms with Crippen molar-refractivity contribution in [2.45, 2.75) is 6.04 Å². The van der Waals surface area contributed by atoms with Crippen LogP contribution in [0.3, 0.4) is 0 Å². The Balaban J connectivity index is 1.59. The lowest BCUT2D eigenvalue weighted by Gasteiger charge is -2.30. The van der Waals surface area contributed by atoms with Gasteiger partial charge in [-0.2, -0.15) is 4.98 Å². The van der Waals surface area contributed by atoms with E-state index in [0.717, 1.165) is 42.0 Å². The molecule has 7 heteroatoms. The molecule has 1 aromatic carbocycles. The molecule has 1 fully saturated rings. The first-order chi connectivity index (χ1) is 13.1. The lowest BCUT2D eigenvalue weighted by atomic mass is 10.1. The molecule has 1 aliphatic heterocycles. The second-order valence-corrected chi connectivity index (χ2v) is 7.06. The van der Waals surface area contributed by atoms with E-state index in [0.29, 0.717) is 11.7 Å². The number of nitrogens with zero attached hydrogens (tertiary/aromatic N) is 5. The molecule has 4 rings (SSSR count). The Morgan fingerprint density at radius 1 is 1.11 bits per heavy atom. The third kappa shape index (κ3) is 3.70. The minimum Gasteiger partial charge on any atom is -0.378 e. The highest BCUT2D eigenvalue weighted by molar-refractivity contribution is 5.69. The van der Waals surface area contributed by atoms with Crippen molar-refractivity contribution in [3.05, 3.63) is 48.5 Å². The van der Waals surface area contributed by atoms with Gasteiger partial charge in [0, 0.05) is 57.4 Å². The maximum atomic E-state index is 5.53. The van der Waals surface area contributed by atoms with Crippen LogP contribution in [0.5, 0.6) is 0 Å². The molecule has 0 amide bonds. The van der Waals surface area contributed by atoms with E-state index in [9.17, 15) is 0 Å². The molecule has 1 N–H and O–H groups in total. The predicted molar refractivity (Wildman–Crippen MR) is 106 cm³/mol. The van der Waals surface area contributed by atoms with Crippen LogP contribution in [0.1, 0.15) is 11.9 Å². The number of benzene rings is 1. The summed E-state index contributed by atoms with van der Waals surface area (Å²) in [7, 11) is 6.15. The van der Waals surface area contributed by atoms with Crippen LogP contribution in [0.25, 0.3) is 22.6 Å². The molecule has 140 valence electrons. The normalized spacial score (nSPS) is 17.8. The van der Waals surface area contributed by atoms with Gasteiger partial charge in [-0.25, -0.2) is 0 Å². The van der Waals surface area contributed by atoms with Crippen LogP contribution >= 0.6 is 0 Å². The third-order valence-corrected chi connectivity index (χ3v) is 4.95. The Hall–Kier alpha value is -2.77. The van der Waals surface area contributed by atoms with Gasteiger partial charge in [-0.15, -0.1) is 0 Å². The quantitative estimate of drug-likeness (QED) is 0.762. The summed E-state index contributed by atoms with van der Waals surface area (Å²) in [6.45, 7) is 2.77. The smallest absolute Gasteiger partial charge is 0.259 e. The Bertz CT molecular complexity index is 905. The van der Waals surface area contributed by atoms with Gasteiger partial charge in [0.1, 0.15) is 0 Å². The Morgan fingerprint density at radius 2 is 1.89 bits per heavy atom. The van der Waals surface area contributed by atoms with Crippen LogP contribution in [0.15, 0.2) is 47.2 Å². The summed E-state index contributed by atoms with van der Waals surface area (Å²) in [5.74, 6) is 1.21. The van der Waals surface area contributed by atoms with Crippen molar-refractivity contribution in [1.29, 1.82) is 0 Å². The molecule has 0 bridgehead atoms. The van der Waals surface area contributed by atoms with Gasteiger partial charge in [-0.3, -0.25) is 9.88 Å². The molecule has 0 saturated carbocycles. The van der Waals surface area contributed by atoms with E-state index in [1.807, 2.05) is 26.4 Å². The Morgan fingerprint density at radius 3 is 2.63 bits per heavy atom. The van der Waals surface area contributed by atoms with Crippen molar-refractivity contribution in [3.8, 4) is 22.6 Å². The van der Waals surface area contributed by atoms with E-state index in [1.54, 1.807) is 6.20 Å². The number of hydrogen-bond donors (Lipinski definition) is 1. The van der Waals surface area contributed by atoms with Crippen molar-refractivity contribution >= 4 is 5.69 Å². The summed E-state index contributed by atoms with van der Waals surface area (Å²) < 4.78 is 5.53. The van der Waals surface area contributed by atoms with Crippen LogP contribution in [0, 0.1) is 0 Å². The van der Waals surface area contributed by atoms with E-state index < -0.39 is 0 Å². The summed E-state index contributed by atoms with van der Waals surface area (Å²) in [6.07, 6.45) is 3.61. The zero-order valence-corrected chi connectivity index (χ0v) is 15.9. The van der Waals surface area contributed by atoms with Crippen LogP contribution in [0.2, 0.25) is 0 Å². The molecule has 7 nitrogen and oxygen atoms in total. The first-order valence-corrected chi connectivity index (χ1v) is 9.09. The molecule has 0 aliphatic carbocycles. The average Bonchev–Trinajstić information content (AvgIpc) is 3.18. The topological polar surface area (TPSA) is 70.3 Å². The number of pyridine rings is 1. The fraction of sp³-hybridized carbons (Fsp3) is 0.350. The molecule has 1 unspecified atom stereocenters. The highest BCUT2D eigenvalue weighted by Crippen LogP contribution is 2.27. The predicted octanol–water partition coefficient (Wildman–Crippen LogP) is 2.44. The number of rotatable bonds is 4. The van der Waals surface area contributed by atoms with Gasteiger partial charge in [0.15, 0.2) is 5.82 Å². The fourth-order valence-corrected chi connectivity index (χ4v) is 3.25. The zero-order chi connectivity index (χ0) is 18.8. The molecule has 1 saturated heterocycles. The third-order valence-electron chi connectivity index (χ3n) is 4.95. The molecular formula is C20H24N6O. The maximum absolute atomic E-state index is 5.53. The molecule has 0 radical (unpaired) electrons. The van der Waals surface area contributed by atoms with Crippen molar-refractivity contribution in [2.75, 3.05) is 45.7 Å². The lowest BCUT2D eigenvalue weighted by molar-refractivity contribution is 0.190. The summed E-state index contributed by atoms with van der Waals surface area (Å²) >= 11 is 0. The molecule has 0 spiro atoms. The van der Waals surface area contributed by atoms with Crippen LogP contribution in [0.4, 0.5) is 5.69 Å². The van der Waals surface area contributed by atoms with Gasteiger partial charge in [0.05, 0.1) is 11.6 Å². The second kappa shape index (κ2) is 7.46. The summed E-state index contributed by atoms with van der Waals surface area (Å²) in [6, 6.07) is 10.6. The van der Waals surface area contributed by atoms with E-state index in [-0.39, 0.29) is 6.04 Å². The minimum atomic E-state index is 0.131. The lowest BCUT2D eigenvalue weighted by Crippen LogP contribution is -2.44. The number of piperazine rings is 1. The first kappa shape index (κ1) is 17.6. The first-order valence-electron chi connectivity index (χ1n) is 9.09. The van der Waals surface area contributed by atoms with Gasteiger partial charge in [-0.1, -0.05) is 17.3 Å². The summed E-state index contributed by atoms with van der Waals surface area (Å²) in [4.78, 5) is 13.3. The van der Waals surface area contributed by atoms with Crippen LogP contribution in [-0.2, 0) is 0 Å². The van der Waals surface area contributed by atoms with Gasteiger partial charge < -0.3 is 14.7 Å². The molecule has 27 heavy (non-hydrogen) atoms. The molecule has 3 heterocycles. The van der Waals surface area contributed by atoms with Gasteiger partial charge >= 0.3 is 0 Å². The van der Waals surface area contributed by atoms with Gasteiger partial charge in [-0.05, 0) is 30.8 Å². The highest BCUT2D eigenvalue weighted by Gasteiger charge is 2.25. The number of anilines is 1. The monoisotopic (exact) mass is 364 g/mol. The maximum Gasteiger partial charge on any atom is 0.259 e. The molecule has 1 aliphatic rings. The van der Waals surface area contributed by atoms with Crippen molar-refractivity contribution in [3.63, 3.8) is 0 Å².